The number of hydrogen-bond donors (Lipinski definition) is 0. The second-order valence-corrected chi connectivity index (χ2v) is 10.4. The average molecular weight is 490 g/mol. The van der Waals surface area contributed by atoms with Gasteiger partial charge in [-0.3, -0.25) is 9.36 Å². The lowest BCUT2D eigenvalue weighted by atomic mass is 10.1. The minimum Gasteiger partial charge on any atom is -0.336 e. The number of carbonyl (C=O) groups is 1. The van der Waals surface area contributed by atoms with E-state index in [1.807, 2.05) is 41.3 Å². The summed E-state index contributed by atoms with van der Waals surface area (Å²) >= 11 is 3.30. The number of aromatic nitrogens is 3. The van der Waals surface area contributed by atoms with E-state index in [9.17, 15) is 4.79 Å². The van der Waals surface area contributed by atoms with Crippen LogP contribution in [0.5, 0.6) is 0 Å². The van der Waals surface area contributed by atoms with Gasteiger partial charge in [0, 0.05) is 37.5 Å². The smallest absolute Gasteiger partial charge is 0.253 e. The van der Waals surface area contributed by atoms with Crippen LogP contribution in [0.3, 0.4) is 0 Å². The minimum atomic E-state index is 0.114. The molecule has 0 spiro atoms. The Balaban J connectivity index is 1.38. The van der Waals surface area contributed by atoms with Gasteiger partial charge in [0.25, 0.3) is 5.91 Å². The molecule has 8 heteroatoms. The van der Waals surface area contributed by atoms with Crippen molar-refractivity contribution in [3.05, 3.63) is 82.7 Å². The van der Waals surface area contributed by atoms with Gasteiger partial charge in [-0.2, -0.15) is 0 Å². The van der Waals surface area contributed by atoms with E-state index in [0.717, 1.165) is 58.9 Å². The van der Waals surface area contributed by atoms with Crippen LogP contribution in [0.15, 0.2) is 71.2 Å². The van der Waals surface area contributed by atoms with Crippen LogP contribution < -0.4 is 0 Å². The topological polar surface area (TPSA) is 54.3 Å². The summed E-state index contributed by atoms with van der Waals surface area (Å²) < 4.78 is 2.14. The monoisotopic (exact) mass is 489 g/mol. The summed E-state index contributed by atoms with van der Waals surface area (Å²) in [6.07, 6.45) is 0. The van der Waals surface area contributed by atoms with Gasteiger partial charge in [0.2, 0.25) is 0 Å². The summed E-state index contributed by atoms with van der Waals surface area (Å²) in [7, 11) is 2.10. The lowest BCUT2D eigenvalue weighted by Gasteiger charge is -2.32. The molecule has 1 aliphatic rings. The van der Waals surface area contributed by atoms with Gasteiger partial charge in [-0.1, -0.05) is 48.2 Å². The number of hydrogen-bond acceptors (Lipinski definition) is 6. The number of likely N-dealkylation sites (N-methyl/N-ethyl adjacent to an activating group) is 1. The number of amides is 1. The quantitative estimate of drug-likeness (QED) is 0.358. The van der Waals surface area contributed by atoms with Gasteiger partial charge < -0.3 is 9.80 Å². The maximum absolute atomic E-state index is 13.0. The van der Waals surface area contributed by atoms with Crippen LogP contribution in [0.2, 0.25) is 0 Å². The van der Waals surface area contributed by atoms with Crippen molar-refractivity contribution in [3.63, 3.8) is 0 Å². The van der Waals surface area contributed by atoms with E-state index < -0.39 is 0 Å². The number of benzene rings is 2. The summed E-state index contributed by atoms with van der Waals surface area (Å²) in [4.78, 5) is 18.3. The van der Waals surface area contributed by atoms with Crippen molar-refractivity contribution in [2.75, 3.05) is 33.2 Å². The van der Waals surface area contributed by atoms with Crippen molar-refractivity contribution in [1.29, 1.82) is 0 Å². The predicted molar refractivity (Wildman–Crippen MR) is 139 cm³/mol. The molecule has 3 heterocycles. The fraction of sp³-hybridized carbons (Fsp3) is 0.269. The number of thiophene rings is 1. The van der Waals surface area contributed by atoms with Crippen LogP contribution in [-0.4, -0.2) is 63.7 Å². The summed E-state index contributed by atoms with van der Waals surface area (Å²) in [6.45, 7) is 5.50. The molecule has 2 aromatic heterocycles. The first kappa shape index (κ1) is 22.8. The fourth-order valence-electron chi connectivity index (χ4n) is 4.09. The molecule has 0 N–H and O–H groups in total. The Morgan fingerprint density at radius 2 is 1.82 bits per heavy atom. The lowest BCUT2D eigenvalue weighted by molar-refractivity contribution is 0.0664. The molecule has 0 radical (unpaired) electrons. The standard InChI is InChI=1S/C26H27N5OS2/c1-19-7-3-4-10-22(19)31-24(23-11-6-16-33-23)27-28-26(31)34-18-20-8-5-9-21(17-20)25(32)30-14-12-29(2)13-15-30/h3-11,16-17H,12-15,18H2,1-2H3. The largest absolute Gasteiger partial charge is 0.336 e. The molecule has 0 atom stereocenters. The molecule has 6 nitrogen and oxygen atoms in total. The van der Waals surface area contributed by atoms with Crippen LogP contribution in [-0.2, 0) is 5.75 Å². The third-order valence-corrected chi connectivity index (χ3v) is 7.93. The van der Waals surface area contributed by atoms with Gasteiger partial charge in [-0.05, 0) is 54.7 Å². The SMILES string of the molecule is Cc1ccccc1-n1c(SCc2cccc(C(=O)N3CCN(C)CC3)c2)nnc1-c1cccs1. The van der Waals surface area contributed by atoms with E-state index in [2.05, 4.69) is 63.3 Å². The first-order valence-corrected chi connectivity index (χ1v) is 13.2. The highest BCUT2D eigenvalue weighted by atomic mass is 32.2. The number of piperazine rings is 1. The second-order valence-electron chi connectivity index (χ2n) is 8.49. The highest BCUT2D eigenvalue weighted by Gasteiger charge is 2.21. The number of carbonyl (C=O) groups excluding carboxylic acids is 1. The Hall–Kier alpha value is -2.94. The Morgan fingerprint density at radius 3 is 2.59 bits per heavy atom. The first-order valence-electron chi connectivity index (χ1n) is 11.3. The molecule has 1 saturated heterocycles. The molecule has 34 heavy (non-hydrogen) atoms. The van der Waals surface area contributed by atoms with Crippen molar-refractivity contribution in [3.8, 4) is 16.4 Å². The molecule has 5 rings (SSSR count). The number of rotatable bonds is 6. The molecule has 0 bridgehead atoms. The lowest BCUT2D eigenvalue weighted by Crippen LogP contribution is -2.47. The van der Waals surface area contributed by atoms with Crippen LogP contribution in [0.1, 0.15) is 21.5 Å². The van der Waals surface area contributed by atoms with E-state index >= 15 is 0 Å². The van der Waals surface area contributed by atoms with E-state index in [0.29, 0.717) is 5.75 Å². The molecule has 0 saturated carbocycles. The molecule has 1 fully saturated rings. The highest BCUT2D eigenvalue weighted by molar-refractivity contribution is 7.98. The Morgan fingerprint density at radius 1 is 1.00 bits per heavy atom. The van der Waals surface area contributed by atoms with Gasteiger partial charge >= 0.3 is 0 Å². The van der Waals surface area contributed by atoms with Crippen LogP contribution in [0.4, 0.5) is 0 Å². The molecule has 4 aromatic rings. The normalized spacial score (nSPS) is 14.5. The van der Waals surface area contributed by atoms with Crippen LogP contribution >= 0.6 is 23.1 Å². The number of nitrogens with zero attached hydrogens (tertiary/aromatic N) is 5. The van der Waals surface area contributed by atoms with Gasteiger partial charge in [-0.15, -0.1) is 21.5 Å². The molecule has 0 unspecified atom stereocenters. The second kappa shape index (κ2) is 10.1. The van der Waals surface area contributed by atoms with E-state index in [4.69, 9.17) is 0 Å². The number of thioether (sulfide) groups is 1. The van der Waals surface area contributed by atoms with Gasteiger partial charge in [0.05, 0.1) is 10.6 Å². The molecule has 1 amide bonds. The summed E-state index contributed by atoms with van der Waals surface area (Å²) in [6, 6.07) is 20.4. The van der Waals surface area contributed by atoms with E-state index in [-0.39, 0.29) is 5.91 Å². The van der Waals surface area contributed by atoms with Crippen molar-refractivity contribution in [2.24, 2.45) is 0 Å². The van der Waals surface area contributed by atoms with E-state index in [1.165, 1.54) is 5.56 Å². The fourth-order valence-corrected chi connectivity index (χ4v) is 5.68. The molecular formula is C26H27N5OS2. The average Bonchev–Trinajstić information content (AvgIpc) is 3.53. The zero-order valence-corrected chi connectivity index (χ0v) is 21.0. The van der Waals surface area contributed by atoms with Crippen molar-refractivity contribution < 1.29 is 4.79 Å². The highest BCUT2D eigenvalue weighted by Crippen LogP contribution is 2.32. The predicted octanol–water partition coefficient (Wildman–Crippen LogP) is 4.98. The Kier molecular flexibility index (Phi) is 6.80. The van der Waals surface area contributed by atoms with Crippen molar-refractivity contribution in [1.82, 2.24) is 24.6 Å². The molecular weight excluding hydrogens is 462 g/mol. The maximum atomic E-state index is 13.0. The molecule has 0 aliphatic carbocycles. The van der Waals surface area contributed by atoms with Gasteiger partial charge in [-0.25, -0.2) is 0 Å². The van der Waals surface area contributed by atoms with Crippen molar-refractivity contribution in [2.45, 2.75) is 17.8 Å². The zero-order valence-electron chi connectivity index (χ0n) is 19.3. The maximum Gasteiger partial charge on any atom is 0.253 e. The number of para-hydroxylation sites is 1. The third-order valence-electron chi connectivity index (χ3n) is 6.06. The van der Waals surface area contributed by atoms with Crippen LogP contribution in [0.25, 0.3) is 16.4 Å². The summed E-state index contributed by atoms with van der Waals surface area (Å²) in [5.74, 6) is 1.67. The molecule has 2 aromatic carbocycles. The molecule has 1 aliphatic heterocycles. The van der Waals surface area contributed by atoms with E-state index in [1.54, 1.807) is 23.1 Å². The number of aryl methyl sites for hydroxylation is 1. The van der Waals surface area contributed by atoms with Crippen LogP contribution in [0, 0.1) is 6.92 Å². The summed E-state index contributed by atoms with van der Waals surface area (Å²) in [5.41, 5.74) is 4.10. The zero-order chi connectivity index (χ0) is 23.5. The molecule has 174 valence electrons. The third kappa shape index (κ3) is 4.80. The summed E-state index contributed by atoms with van der Waals surface area (Å²) in [5, 5.41) is 12.0. The Bertz CT molecular complexity index is 1280. The Labute approximate surface area is 208 Å². The first-order chi connectivity index (χ1) is 16.6. The van der Waals surface area contributed by atoms with Crippen molar-refractivity contribution >= 4 is 29.0 Å². The van der Waals surface area contributed by atoms with Gasteiger partial charge in [0.1, 0.15) is 0 Å². The minimum absolute atomic E-state index is 0.114. The van der Waals surface area contributed by atoms with Gasteiger partial charge in [0.15, 0.2) is 11.0 Å².